The second-order valence-corrected chi connectivity index (χ2v) is 23.6. The minimum atomic E-state index is -5.30. The maximum Gasteiger partial charge on any atom is 0.397 e. The molecular weight excluding hydrogens is 1100 g/mol. The van der Waals surface area contributed by atoms with Crippen molar-refractivity contribution in [1.82, 2.24) is 9.97 Å². The molecule has 74 heavy (non-hydrogen) atoms. The Morgan fingerprint density at radius 3 is 1.19 bits per heavy atom. The molecule has 0 radical (unpaired) electrons. The van der Waals surface area contributed by atoms with Gasteiger partial charge in [0.05, 0.1) is 47.2 Å². The fraction of sp³-hybridized carbons (Fsp3) is 0.263. The van der Waals surface area contributed by atoms with E-state index in [1.807, 2.05) is 12.1 Å². The monoisotopic (exact) mass is 1150 g/mol. The molecule has 36 heteroatoms. The number of azo groups is 2. The van der Waals surface area contributed by atoms with Gasteiger partial charge in [0.2, 0.25) is 0 Å². The third kappa shape index (κ3) is 17.1. The quantitative estimate of drug-likeness (QED) is 0.0235. The molecule has 0 bridgehead atoms. The third-order valence-corrected chi connectivity index (χ3v) is 14.8. The van der Waals surface area contributed by atoms with E-state index in [9.17, 15) is 70.1 Å². The summed E-state index contributed by atoms with van der Waals surface area (Å²) in [6, 6.07) is 9.46. The van der Waals surface area contributed by atoms with Crippen LogP contribution in [0.3, 0.4) is 0 Å². The Balaban J connectivity index is 1.82. The Hall–Kier alpha value is -6.94. The number of hydrogen-bond donors (Lipinski definition) is 8. The van der Waals surface area contributed by atoms with E-state index in [1.54, 1.807) is 0 Å². The highest BCUT2D eigenvalue weighted by Gasteiger charge is 2.26. The van der Waals surface area contributed by atoms with Gasteiger partial charge in [0, 0.05) is 59.2 Å². The van der Waals surface area contributed by atoms with Crippen molar-refractivity contribution in [2.45, 2.75) is 23.6 Å². The summed E-state index contributed by atoms with van der Waals surface area (Å²) in [7, 11) is -27.8. The third-order valence-electron chi connectivity index (χ3n) is 9.48. The van der Waals surface area contributed by atoms with Crippen molar-refractivity contribution in [1.29, 1.82) is 10.5 Å². The van der Waals surface area contributed by atoms with Gasteiger partial charge in [0.15, 0.2) is 31.3 Å². The molecule has 0 unspecified atom stereocenters. The van der Waals surface area contributed by atoms with E-state index >= 15 is 0 Å². The van der Waals surface area contributed by atoms with Crippen LogP contribution in [0, 0.1) is 36.5 Å². The van der Waals surface area contributed by atoms with Gasteiger partial charge in [0.25, 0.3) is 20.2 Å². The molecule has 4 rings (SSSR count). The lowest BCUT2D eigenvalue weighted by atomic mass is 10.0. The molecule has 2 heterocycles. The number of sulfone groups is 2. The lowest BCUT2D eigenvalue weighted by Gasteiger charge is -2.16. The summed E-state index contributed by atoms with van der Waals surface area (Å²) >= 11 is 0. The van der Waals surface area contributed by atoms with Crippen LogP contribution in [-0.2, 0) is 69.1 Å². The Labute approximate surface area is 424 Å². The molecule has 0 saturated carbocycles. The van der Waals surface area contributed by atoms with Crippen molar-refractivity contribution < 1.29 is 77.1 Å². The maximum atomic E-state index is 12.9. The Kier molecular flexibility index (Phi) is 19.7. The maximum absolute atomic E-state index is 12.9. The van der Waals surface area contributed by atoms with Crippen LogP contribution in [0.15, 0.2) is 90.6 Å². The zero-order valence-corrected chi connectivity index (χ0v) is 43.1. The average molecular weight is 1150 g/mol. The number of aromatic nitrogens is 2. The summed E-state index contributed by atoms with van der Waals surface area (Å²) in [5.41, 5.74) is -2.40. The topological polar surface area (TPSA) is 475 Å². The molecule has 0 spiro atoms. The van der Waals surface area contributed by atoms with Gasteiger partial charge < -0.3 is 21.3 Å². The summed E-state index contributed by atoms with van der Waals surface area (Å²) in [4.78, 5) is 6.55. The lowest BCUT2D eigenvalue weighted by molar-refractivity contribution is 0.277. The predicted molar refractivity (Wildman–Crippen MR) is 264 cm³/mol. The van der Waals surface area contributed by atoms with E-state index in [1.165, 1.54) is 13.8 Å². The van der Waals surface area contributed by atoms with Crippen LogP contribution in [0.1, 0.15) is 22.3 Å². The lowest BCUT2D eigenvalue weighted by Crippen LogP contribution is -2.17. The molecule has 0 saturated heterocycles. The first-order valence-electron chi connectivity index (χ1n) is 20.2. The number of nitrogens with zero attached hydrogens (tertiary/aromatic N) is 8. The van der Waals surface area contributed by atoms with E-state index in [-0.39, 0.29) is 94.5 Å². The van der Waals surface area contributed by atoms with Crippen molar-refractivity contribution in [2.75, 3.05) is 72.2 Å². The van der Waals surface area contributed by atoms with Crippen LogP contribution >= 0.6 is 0 Å². The van der Waals surface area contributed by atoms with Crippen LogP contribution < -0.4 is 21.3 Å². The first-order valence-corrected chi connectivity index (χ1v) is 29.2. The Bertz CT molecular complexity index is 3470. The molecule has 0 amide bonds. The van der Waals surface area contributed by atoms with Gasteiger partial charge in [-0.1, -0.05) is 25.3 Å². The molecule has 0 atom stereocenters. The van der Waals surface area contributed by atoms with Crippen LogP contribution in [-0.4, -0.2) is 130 Å². The normalized spacial score (nSPS) is 12.5. The zero-order chi connectivity index (χ0) is 55.5. The summed E-state index contributed by atoms with van der Waals surface area (Å²) in [5, 5.41) is 48.4. The zero-order valence-electron chi connectivity index (χ0n) is 38.2. The number of anilines is 4. The highest BCUT2D eigenvalue weighted by molar-refractivity contribution is 7.94. The fourth-order valence-corrected chi connectivity index (χ4v) is 9.21. The molecule has 30 nitrogen and oxygen atoms in total. The van der Waals surface area contributed by atoms with Gasteiger partial charge >= 0.3 is 20.8 Å². The molecule has 4 aromatic rings. The van der Waals surface area contributed by atoms with E-state index in [4.69, 9.17) is 9.11 Å². The summed E-state index contributed by atoms with van der Waals surface area (Å²) in [5.74, 6) is -1.78. The molecule has 0 aliphatic heterocycles. The van der Waals surface area contributed by atoms with Gasteiger partial charge in [-0.15, -0.1) is 10.2 Å². The molecule has 2 aromatic carbocycles. The van der Waals surface area contributed by atoms with E-state index in [0.29, 0.717) is 10.8 Å². The number of benzene rings is 2. The van der Waals surface area contributed by atoms with Gasteiger partial charge in [-0.05, 0) is 38.1 Å². The van der Waals surface area contributed by atoms with Gasteiger partial charge in [0.1, 0.15) is 44.9 Å². The SMILES string of the molecule is C=CS(=O)(=O)CCNc1nc(NCCOS(=O)(=O)O)c(C#N)c(C)c1/N=N/c1ccc(-c2ccc(/N=N/c3c(NCCS(=O)(=O)C=C)nc(NCCOS(=O)(=O)O)c(C#N)c3C)cc2S(=O)(=O)O)c(S(=O)(=O)O)c1. The molecule has 398 valence electrons. The second-order valence-electron chi connectivity index (χ2n) is 14.5. The van der Waals surface area contributed by atoms with Crippen LogP contribution in [0.4, 0.5) is 46.0 Å². The number of rotatable bonds is 27. The standard InChI is InChI=1S/C38H42N12O18S6/c1-5-69(51,52)17-13-43-37-33(23(3)29(21-39)35(45-37)41-11-15-67-73(61,62)63)49-47-25-7-9-27(31(19-25)71(55,56)57)28-10-8-26(20-32(28)72(58,59)60)48-50-34-24(4)30(22-40)36(42-12-16-68-74(64,65)66)46-38(34)44-14-18-70(53,54)6-2/h5-10,19-20H,1-2,11-18H2,3-4H3,(H2,41,43,45)(H2,42,44,46)(H,55,56,57)(H,58,59,60)(H,61,62,63)(H,64,65,66)/b49-47+,50-48+. The average Bonchev–Trinajstić information content (AvgIpc) is 3.30. The number of nitrogens with one attached hydrogen (secondary N) is 4. The molecule has 8 N–H and O–H groups in total. The minimum absolute atomic E-state index is 0.0413. The largest absolute Gasteiger partial charge is 0.397 e. The molecule has 0 aliphatic carbocycles. The van der Waals surface area contributed by atoms with Crippen molar-refractivity contribution in [3.05, 3.63) is 82.6 Å². The van der Waals surface area contributed by atoms with Crippen LogP contribution in [0.25, 0.3) is 11.1 Å². The van der Waals surface area contributed by atoms with Crippen molar-refractivity contribution in [3.63, 3.8) is 0 Å². The van der Waals surface area contributed by atoms with Crippen molar-refractivity contribution >= 4 is 107 Å². The van der Waals surface area contributed by atoms with Crippen LogP contribution in [0.2, 0.25) is 0 Å². The van der Waals surface area contributed by atoms with Crippen molar-refractivity contribution in [2.24, 2.45) is 20.5 Å². The van der Waals surface area contributed by atoms with Gasteiger partial charge in [-0.2, -0.15) is 54.4 Å². The van der Waals surface area contributed by atoms with Gasteiger partial charge in [-0.25, -0.2) is 35.2 Å². The van der Waals surface area contributed by atoms with E-state index < -0.39 is 106 Å². The van der Waals surface area contributed by atoms with Gasteiger partial charge in [-0.3, -0.25) is 18.2 Å². The van der Waals surface area contributed by atoms with Crippen molar-refractivity contribution in [3.8, 4) is 23.3 Å². The highest BCUT2D eigenvalue weighted by Crippen LogP contribution is 2.40. The Morgan fingerprint density at radius 2 is 0.892 bits per heavy atom. The molecular formula is C38H42N12O18S6. The predicted octanol–water partition coefficient (Wildman–Crippen LogP) is 4.23. The smallest absolute Gasteiger partial charge is 0.367 e. The first-order chi connectivity index (χ1) is 34.3. The molecule has 0 fully saturated rings. The van der Waals surface area contributed by atoms with E-state index in [0.717, 1.165) is 36.4 Å². The number of pyridine rings is 2. The first kappa shape index (κ1) is 59.6. The molecule has 2 aromatic heterocycles. The minimum Gasteiger partial charge on any atom is -0.367 e. The van der Waals surface area contributed by atoms with E-state index in [2.05, 4.69) is 73.2 Å². The molecule has 0 aliphatic rings. The number of hydrogen-bond acceptors (Lipinski definition) is 26. The Morgan fingerprint density at radius 1 is 0.554 bits per heavy atom. The second kappa shape index (κ2) is 24.4. The van der Waals surface area contributed by atoms with Crippen LogP contribution in [0.5, 0.6) is 0 Å². The summed E-state index contributed by atoms with van der Waals surface area (Å²) in [6.07, 6.45) is 0. The highest BCUT2D eigenvalue weighted by atomic mass is 32.3. The summed E-state index contributed by atoms with van der Waals surface area (Å²) in [6.45, 7) is 6.71. The summed E-state index contributed by atoms with van der Waals surface area (Å²) < 4.78 is 191. The fourth-order valence-electron chi connectivity index (χ4n) is 6.07. The number of nitriles is 2.